The number of piperazine rings is 1. The lowest BCUT2D eigenvalue weighted by Gasteiger charge is -2.40. The third kappa shape index (κ3) is 7.07. The monoisotopic (exact) mass is 488 g/mol. The molecule has 3 heterocycles. The van der Waals surface area contributed by atoms with Crippen LogP contribution in [0.5, 0.6) is 0 Å². The highest BCUT2D eigenvalue weighted by atomic mass is 16.2. The molecule has 7 heteroatoms. The van der Waals surface area contributed by atoms with Crippen molar-refractivity contribution in [3.05, 3.63) is 11.6 Å². The molecule has 0 saturated carbocycles. The van der Waals surface area contributed by atoms with Gasteiger partial charge in [0.2, 0.25) is 11.8 Å². The van der Waals surface area contributed by atoms with Gasteiger partial charge < -0.3 is 20.9 Å². The zero-order valence-corrected chi connectivity index (χ0v) is 22.4. The molecule has 3 aliphatic heterocycles. The van der Waals surface area contributed by atoms with E-state index in [1.807, 2.05) is 0 Å². The van der Waals surface area contributed by atoms with Gasteiger partial charge in [-0.1, -0.05) is 25.5 Å². The molecule has 2 amide bonds. The maximum absolute atomic E-state index is 13.3. The molecule has 4 N–H and O–H groups in total. The molecule has 0 aromatic rings. The number of carbonyl (C=O) groups excluding carboxylic acids is 2. The Morgan fingerprint density at radius 3 is 2.60 bits per heavy atom. The SMILES string of the molecule is CC1=CC(CNC(=O)C2CCCNC2)C(C(C)C)CC1CC(=O)N1CCN(C2CCCC[NH2+]2)CC1. The molecular formula is C28H50N5O2+. The fourth-order valence-corrected chi connectivity index (χ4v) is 6.85. The van der Waals surface area contributed by atoms with E-state index < -0.39 is 0 Å². The van der Waals surface area contributed by atoms with Crippen molar-refractivity contribution in [3.8, 4) is 0 Å². The quantitative estimate of drug-likeness (QED) is 0.475. The van der Waals surface area contributed by atoms with Crippen molar-refractivity contribution < 1.29 is 14.9 Å². The molecule has 0 aromatic carbocycles. The molecular weight excluding hydrogens is 438 g/mol. The second kappa shape index (κ2) is 12.7. The summed E-state index contributed by atoms with van der Waals surface area (Å²) >= 11 is 0. The van der Waals surface area contributed by atoms with Gasteiger partial charge in [-0.2, -0.15) is 0 Å². The van der Waals surface area contributed by atoms with Crippen molar-refractivity contribution in [2.45, 2.75) is 71.9 Å². The highest BCUT2D eigenvalue weighted by Crippen LogP contribution is 2.39. The van der Waals surface area contributed by atoms with Crippen LogP contribution in [-0.2, 0) is 9.59 Å². The summed E-state index contributed by atoms with van der Waals surface area (Å²) in [7, 11) is 0. The zero-order chi connectivity index (χ0) is 24.8. The van der Waals surface area contributed by atoms with Crippen molar-refractivity contribution in [1.82, 2.24) is 20.4 Å². The van der Waals surface area contributed by atoms with Crippen LogP contribution in [0.25, 0.3) is 0 Å². The highest BCUT2D eigenvalue weighted by molar-refractivity contribution is 5.79. The fourth-order valence-electron chi connectivity index (χ4n) is 6.85. The van der Waals surface area contributed by atoms with E-state index in [0.717, 1.165) is 65.1 Å². The lowest BCUT2D eigenvalue weighted by Crippen LogP contribution is -2.95. The van der Waals surface area contributed by atoms with E-state index in [2.05, 4.69) is 52.6 Å². The number of carbonyl (C=O) groups is 2. The first-order valence-electron chi connectivity index (χ1n) is 14.4. The van der Waals surface area contributed by atoms with Crippen LogP contribution in [-0.4, -0.2) is 80.1 Å². The summed E-state index contributed by atoms with van der Waals surface area (Å²) < 4.78 is 0. The van der Waals surface area contributed by atoms with E-state index in [1.54, 1.807) is 0 Å². The van der Waals surface area contributed by atoms with Crippen molar-refractivity contribution in [2.75, 3.05) is 52.4 Å². The van der Waals surface area contributed by atoms with Crippen LogP contribution in [0.4, 0.5) is 0 Å². The smallest absolute Gasteiger partial charge is 0.224 e. The Labute approximate surface area is 212 Å². The van der Waals surface area contributed by atoms with Crippen molar-refractivity contribution in [1.29, 1.82) is 0 Å². The van der Waals surface area contributed by atoms with E-state index in [4.69, 9.17) is 0 Å². The van der Waals surface area contributed by atoms with Gasteiger partial charge in [0.25, 0.3) is 0 Å². The van der Waals surface area contributed by atoms with Gasteiger partial charge in [-0.25, -0.2) is 0 Å². The van der Waals surface area contributed by atoms with Gasteiger partial charge in [0, 0.05) is 52.1 Å². The molecule has 198 valence electrons. The van der Waals surface area contributed by atoms with Gasteiger partial charge in [0.15, 0.2) is 0 Å². The molecule has 5 atom stereocenters. The van der Waals surface area contributed by atoms with Gasteiger partial charge in [-0.15, -0.1) is 0 Å². The minimum absolute atomic E-state index is 0.108. The summed E-state index contributed by atoms with van der Waals surface area (Å²) in [6.07, 6.45) is 10.7. The average molecular weight is 489 g/mol. The molecule has 35 heavy (non-hydrogen) atoms. The standard InChI is InChI=1S/C28H49N5O2/c1-20(2)25-16-23(21(3)15-24(25)19-31-28(35)22-7-6-9-29-18-22)17-27(34)33-13-11-32(12-14-33)26-8-4-5-10-30-26/h15,20,22-26,29-30H,4-14,16-19H2,1-3H3,(H,31,35)/p+1. The minimum Gasteiger partial charge on any atom is -0.355 e. The lowest BCUT2D eigenvalue weighted by molar-refractivity contribution is -0.717. The van der Waals surface area contributed by atoms with Crippen LogP contribution in [0.3, 0.4) is 0 Å². The first-order chi connectivity index (χ1) is 16.9. The summed E-state index contributed by atoms with van der Waals surface area (Å²) in [6.45, 7) is 14.3. The summed E-state index contributed by atoms with van der Waals surface area (Å²) in [5.41, 5.74) is 1.34. The van der Waals surface area contributed by atoms with E-state index in [0.29, 0.717) is 42.2 Å². The lowest BCUT2D eigenvalue weighted by atomic mass is 9.69. The first kappa shape index (κ1) is 26.6. The highest BCUT2D eigenvalue weighted by Gasteiger charge is 2.35. The summed E-state index contributed by atoms with van der Waals surface area (Å²) in [6, 6.07) is 0. The van der Waals surface area contributed by atoms with Crippen LogP contribution in [0.1, 0.15) is 65.7 Å². The third-order valence-corrected chi connectivity index (χ3v) is 9.21. The van der Waals surface area contributed by atoms with Crippen LogP contribution in [0.2, 0.25) is 0 Å². The van der Waals surface area contributed by atoms with E-state index >= 15 is 0 Å². The Kier molecular flexibility index (Phi) is 9.65. The molecule has 4 aliphatic rings. The zero-order valence-electron chi connectivity index (χ0n) is 22.4. The normalized spacial score (nSPS) is 32.9. The van der Waals surface area contributed by atoms with Gasteiger partial charge in [-0.05, 0) is 69.2 Å². The third-order valence-electron chi connectivity index (χ3n) is 9.21. The number of piperidine rings is 2. The maximum atomic E-state index is 13.3. The number of quaternary nitrogens is 1. The molecule has 3 fully saturated rings. The molecule has 4 rings (SSSR count). The average Bonchev–Trinajstić information content (AvgIpc) is 2.89. The molecule has 3 saturated heterocycles. The topological polar surface area (TPSA) is 81.3 Å². The van der Waals surface area contributed by atoms with E-state index in [9.17, 15) is 9.59 Å². The minimum atomic E-state index is 0.108. The summed E-state index contributed by atoms with van der Waals surface area (Å²) in [5, 5.41) is 9.10. The van der Waals surface area contributed by atoms with Crippen LogP contribution < -0.4 is 16.0 Å². The number of hydrogen-bond donors (Lipinski definition) is 3. The number of rotatable bonds is 7. The fraction of sp³-hybridized carbons (Fsp3) is 0.857. The number of nitrogens with one attached hydrogen (secondary N) is 2. The molecule has 7 nitrogen and oxygen atoms in total. The summed E-state index contributed by atoms with van der Waals surface area (Å²) in [4.78, 5) is 30.6. The molecule has 1 aliphatic carbocycles. The Bertz CT molecular complexity index is 734. The predicted molar refractivity (Wildman–Crippen MR) is 139 cm³/mol. The number of amides is 2. The Morgan fingerprint density at radius 2 is 1.94 bits per heavy atom. The molecule has 0 radical (unpaired) electrons. The second-order valence-electron chi connectivity index (χ2n) is 11.9. The number of hydrogen-bond acceptors (Lipinski definition) is 4. The van der Waals surface area contributed by atoms with Gasteiger partial charge in [-0.3, -0.25) is 14.5 Å². The van der Waals surface area contributed by atoms with Crippen LogP contribution in [0, 0.1) is 29.6 Å². The molecule has 0 bridgehead atoms. The van der Waals surface area contributed by atoms with Crippen LogP contribution in [0.15, 0.2) is 11.6 Å². The Hall–Kier alpha value is -1.44. The Balaban J connectivity index is 1.28. The van der Waals surface area contributed by atoms with Crippen molar-refractivity contribution in [3.63, 3.8) is 0 Å². The molecule has 5 unspecified atom stereocenters. The van der Waals surface area contributed by atoms with E-state index in [1.165, 1.54) is 31.4 Å². The van der Waals surface area contributed by atoms with E-state index in [-0.39, 0.29) is 11.8 Å². The summed E-state index contributed by atoms with van der Waals surface area (Å²) in [5.74, 6) is 2.36. The van der Waals surface area contributed by atoms with Gasteiger partial charge in [0.1, 0.15) is 6.17 Å². The molecule has 0 aromatic heterocycles. The first-order valence-corrected chi connectivity index (χ1v) is 14.4. The predicted octanol–water partition coefficient (Wildman–Crippen LogP) is 1.56. The van der Waals surface area contributed by atoms with Gasteiger partial charge >= 0.3 is 0 Å². The van der Waals surface area contributed by atoms with Crippen molar-refractivity contribution in [2.24, 2.45) is 29.6 Å². The Morgan fingerprint density at radius 1 is 1.14 bits per heavy atom. The second-order valence-corrected chi connectivity index (χ2v) is 11.9. The number of nitrogens with zero attached hydrogens (tertiary/aromatic N) is 2. The van der Waals surface area contributed by atoms with Crippen LogP contribution >= 0.6 is 0 Å². The largest absolute Gasteiger partial charge is 0.355 e. The molecule has 0 spiro atoms. The maximum Gasteiger partial charge on any atom is 0.224 e. The van der Waals surface area contributed by atoms with Crippen molar-refractivity contribution >= 4 is 11.8 Å². The van der Waals surface area contributed by atoms with Gasteiger partial charge in [0.05, 0.1) is 12.5 Å². The number of nitrogens with two attached hydrogens (primary N) is 1. The number of allylic oxidation sites excluding steroid dienone is 1.